The van der Waals surface area contributed by atoms with Gasteiger partial charge in [0.2, 0.25) is 0 Å². The number of halogens is 1. The highest BCUT2D eigenvalue weighted by atomic mass is 19.1. The lowest BCUT2D eigenvalue weighted by atomic mass is 10.1. The first kappa shape index (κ1) is 13.6. The zero-order valence-corrected chi connectivity index (χ0v) is 11.8. The van der Waals surface area contributed by atoms with Crippen LogP contribution in [0.15, 0.2) is 36.4 Å². The van der Waals surface area contributed by atoms with Crippen molar-refractivity contribution in [3.8, 4) is 5.75 Å². The number of amides is 1. The van der Waals surface area contributed by atoms with Crippen LogP contribution in [-0.2, 0) is 12.8 Å². The average Bonchev–Trinajstić information content (AvgIpc) is 2.94. The molecule has 2 aromatic carbocycles. The normalized spacial score (nSPS) is 12.9. The fourth-order valence-corrected chi connectivity index (χ4v) is 2.65. The first-order chi connectivity index (χ1) is 10.2. The van der Waals surface area contributed by atoms with Crippen molar-refractivity contribution in [2.24, 2.45) is 0 Å². The van der Waals surface area contributed by atoms with Crippen LogP contribution in [-0.4, -0.2) is 13.0 Å². The van der Waals surface area contributed by atoms with E-state index in [4.69, 9.17) is 4.74 Å². The van der Waals surface area contributed by atoms with Gasteiger partial charge in [-0.15, -0.1) is 0 Å². The van der Waals surface area contributed by atoms with Gasteiger partial charge < -0.3 is 10.1 Å². The van der Waals surface area contributed by atoms with E-state index in [2.05, 4.69) is 5.32 Å². The van der Waals surface area contributed by atoms with Gasteiger partial charge in [-0.1, -0.05) is 6.07 Å². The van der Waals surface area contributed by atoms with Gasteiger partial charge in [0.1, 0.15) is 11.6 Å². The van der Waals surface area contributed by atoms with E-state index in [1.807, 2.05) is 18.2 Å². The number of fused-ring (bicyclic) bond motifs is 1. The Kier molecular flexibility index (Phi) is 3.60. The van der Waals surface area contributed by atoms with Crippen LogP contribution in [0.2, 0.25) is 0 Å². The predicted octanol–water partition coefficient (Wildman–Crippen LogP) is 3.58. The largest absolute Gasteiger partial charge is 0.497 e. The number of carbonyl (C=O) groups is 1. The number of benzene rings is 2. The summed E-state index contributed by atoms with van der Waals surface area (Å²) in [5, 5.41) is 2.75. The van der Waals surface area contributed by atoms with Gasteiger partial charge in [-0.2, -0.15) is 0 Å². The first-order valence-corrected chi connectivity index (χ1v) is 6.94. The maximum Gasteiger partial charge on any atom is 0.258 e. The van der Waals surface area contributed by atoms with Crippen LogP contribution in [0.25, 0.3) is 0 Å². The lowest BCUT2D eigenvalue weighted by Gasteiger charge is -2.09. The van der Waals surface area contributed by atoms with Crippen LogP contribution in [0.1, 0.15) is 27.9 Å². The summed E-state index contributed by atoms with van der Waals surface area (Å²) in [5.41, 5.74) is 3.32. The van der Waals surface area contributed by atoms with E-state index in [-0.39, 0.29) is 5.56 Å². The van der Waals surface area contributed by atoms with Crippen LogP contribution in [0.3, 0.4) is 0 Å². The Labute approximate surface area is 122 Å². The van der Waals surface area contributed by atoms with Gasteiger partial charge >= 0.3 is 0 Å². The second kappa shape index (κ2) is 5.56. The molecule has 0 bridgehead atoms. The summed E-state index contributed by atoms with van der Waals surface area (Å²) >= 11 is 0. The molecule has 0 unspecified atom stereocenters. The molecule has 1 amide bonds. The molecule has 3 rings (SSSR count). The molecule has 0 heterocycles. The summed E-state index contributed by atoms with van der Waals surface area (Å²) in [4.78, 5) is 12.1. The fraction of sp³-hybridized carbons (Fsp3) is 0.235. The number of nitrogens with one attached hydrogen (secondary N) is 1. The van der Waals surface area contributed by atoms with Crippen molar-refractivity contribution >= 4 is 11.6 Å². The Morgan fingerprint density at radius 3 is 2.71 bits per heavy atom. The summed E-state index contributed by atoms with van der Waals surface area (Å²) in [5.74, 6) is -0.650. The van der Waals surface area contributed by atoms with Gasteiger partial charge in [0.05, 0.1) is 12.7 Å². The molecule has 0 fully saturated rings. The molecule has 0 saturated carbocycles. The molecule has 0 atom stereocenters. The maximum atomic E-state index is 13.9. The third-order valence-corrected chi connectivity index (χ3v) is 3.78. The number of ether oxygens (including phenoxy) is 1. The predicted molar refractivity (Wildman–Crippen MR) is 79.4 cm³/mol. The van der Waals surface area contributed by atoms with Crippen molar-refractivity contribution in [3.05, 3.63) is 58.9 Å². The molecular formula is C17H16FNO2. The van der Waals surface area contributed by atoms with Crippen molar-refractivity contribution in [2.45, 2.75) is 19.3 Å². The number of carbonyl (C=O) groups excluding carboxylic acids is 1. The number of hydrogen-bond acceptors (Lipinski definition) is 2. The molecule has 3 nitrogen and oxygen atoms in total. The van der Waals surface area contributed by atoms with Crippen molar-refractivity contribution in [1.82, 2.24) is 0 Å². The molecule has 1 aliphatic rings. The molecule has 108 valence electrons. The number of rotatable bonds is 3. The minimum atomic E-state index is -0.590. The highest BCUT2D eigenvalue weighted by Gasteiger charge is 2.15. The molecule has 2 aromatic rings. The lowest BCUT2D eigenvalue weighted by Crippen LogP contribution is -2.14. The first-order valence-electron chi connectivity index (χ1n) is 6.94. The van der Waals surface area contributed by atoms with Crippen LogP contribution in [0, 0.1) is 5.82 Å². The Hall–Kier alpha value is -2.36. The van der Waals surface area contributed by atoms with Crippen LogP contribution in [0.4, 0.5) is 10.1 Å². The molecule has 1 aliphatic carbocycles. The summed E-state index contributed by atoms with van der Waals surface area (Å²) in [6, 6.07) is 10.1. The fourth-order valence-electron chi connectivity index (χ4n) is 2.65. The van der Waals surface area contributed by atoms with Crippen molar-refractivity contribution < 1.29 is 13.9 Å². The van der Waals surface area contributed by atoms with E-state index in [1.54, 1.807) is 6.07 Å². The van der Waals surface area contributed by atoms with E-state index in [0.717, 1.165) is 19.3 Å². The Morgan fingerprint density at radius 1 is 1.14 bits per heavy atom. The van der Waals surface area contributed by atoms with Gasteiger partial charge in [-0.3, -0.25) is 4.79 Å². The maximum absolute atomic E-state index is 13.9. The van der Waals surface area contributed by atoms with Crippen molar-refractivity contribution in [1.29, 1.82) is 0 Å². The zero-order chi connectivity index (χ0) is 14.8. The average molecular weight is 285 g/mol. The highest BCUT2D eigenvalue weighted by Crippen LogP contribution is 2.25. The molecule has 0 aliphatic heterocycles. The molecule has 4 heteroatoms. The summed E-state index contributed by atoms with van der Waals surface area (Å²) in [6.07, 6.45) is 3.28. The van der Waals surface area contributed by atoms with E-state index < -0.39 is 11.7 Å². The van der Waals surface area contributed by atoms with E-state index >= 15 is 0 Å². The number of methoxy groups -OCH3 is 1. The monoisotopic (exact) mass is 285 g/mol. The minimum Gasteiger partial charge on any atom is -0.497 e. The Balaban J connectivity index is 1.80. The molecular weight excluding hydrogens is 269 g/mol. The lowest BCUT2D eigenvalue weighted by molar-refractivity contribution is 0.102. The van der Waals surface area contributed by atoms with E-state index in [9.17, 15) is 9.18 Å². The quantitative estimate of drug-likeness (QED) is 0.936. The number of hydrogen-bond donors (Lipinski definition) is 1. The highest BCUT2D eigenvalue weighted by molar-refractivity contribution is 6.04. The van der Waals surface area contributed by atoms with Crippen LogP contribution in [0.5, 0.6) is 5.75 Å². The second-order valence-electron chi connectivity index (χ2n) is 5.14. The Morgan fingerprint density at radius 2 is 1.95 bits per heavy atom. The number of anilines is 1. The van der Waals surface area contributed by atoms with Crippen molar-refractivity contribution in [2.75, 3.05) is 12.4 Å². The van der Waals surface area contributed by atoms with Crippen LogP contribution >= 0.6 is 0 Å². The molecule has 21 heavy (non-hydrogen) atoms. The summed E-state index contributed by atoms with van der Waals surface area (Å²) < 4.78 is 18.8. The van der Waals surface area contributed by atoms with Gasteiger partial charge in [0.25, 0.3) is 5.91 Å². The SMILES string of the molecule is COc1ccc(C(=O)Nc2ccc3c(c2)CCC3)c(F)c1. The molecule has 0 spiro atoms. The van der Waals surface area contributed by atoms with Crippen LogP contribution < -0.4 is 10.1 Å². The second-order valence-corrected chi connectivity index (χ2v) is 5.14. The van der Waals surface area contributed by atoms with Gasteiger partial charge in [-0.25, -0.2) is 4.39 Å². The van der Waals surface area contributed by atoms with Gasteiger partial charge in [-0.05, 0) is 54.7 Å². The van der Waals surface area contributed by atoms with Gasteiger partial charge in [0.15, 0.2) is 0 Å². The Bertz CT molecular complexity index is 697. The van der Waals surface area contributed by atoms with E-state index in [0.29, 0.717) is 11.4 Å². The third kappa shape index (κ3) is 2.75. The van der Waals surface area contributed by atoms with Crippen molar-refractivity contribution in [3.63, 3.8) is 0 Å². The molecule has 0 aromatic heterocycles. The summed E-state index contributed by atoms with van der Waals surface area (Å²) in [7, 11) is 1.46. The molecule has 0 radical (unpaired) electrons. The molecule has 0 saturated heterocycles. The third-order valence-electron chi connectivity index (χ3n) is 3.78. The molecule has 1 N–H and O–H groups in total. The summed E-state index contributed by atoms with van der Waals surface area (Å²) in [6.45, 7) is 0. The minimum absolute atomic E-state index is 0.0105. The number of aryl methyl sites for hydroxylation is 2. The van der Waals surface area contributed by atoms with Gasteiger partial charge in [0, 0.05) is 11.8 Å². The topological polar surface area (TPSA) is 38.3 Å². The standard InChI is InChI=1S/C17H16FNO2/c1-21-14-7-8-15(16(18)10-14)17(20)19-13-6-5-11-3-2-4-12(11)9-13/h5-10H,2-4H2,1H3,(H,19,20). The smallest absolute Gasteiger partial charge is 0.258 e. The van der Waals surface area contributed by atoms with E-state index in [1.165, 1.54) is 30.4 Å². The zero-order valence-electron chi connectivity index (χ0n) is 11.8.